The van der Waals surface area contributed by atoms with E-state index in [0.717, 1.165) is 5.56 Å². The van der Waals surface area contributed by atoms with Crippen molar-refractivity contribution in [3.8, 4) is 17.2 Å². The van der Waals surface area contributed by atoms with Crippen LogP contribution >= 0.6 is 0 Å². The molecule has 1 aliphatic heterocycles. The molecular formula is C25H28F2N4O3S. The lowest BCUT2D eigenvalue weighted by molar-refractivity contribution is -0.138. The zero-order valence-corrected chi connectivity index (χ0v) is 20.6. The average Bonchev–Trinajstić information content (AvgIpc) is 3.34. The second kappa shape index (κ2) is 9.63. The maximum atomic E-state index is 13.9. The van der Waals surface area contributed by atoms with Crippen molar-refractivity contribution in [1.29, 1.82) is 5.26 Å². The van der Waals surface area contributed by atoms with Crippen LogP contribution in [0.2, 0.25) is 0 Å². The van der Waals surface area contributed by atoms with Gasteiger partial charge in [-0.2, -0.15) is 9.57 Å². The minimum absolute atomic E-state index is 0.00672. The van der Waals surface area contributed by atoms with Crippen molar-refractivity contribution in [2.45, 2.75) is 68.4 Å². The van der Waals surface area contributed by atoms with Crippen molar-refractivity contribution in [3.05, 3.63) is 47.8 Å². The van der Waals surface area contributed by atoms with Crippen molar-refractivity contribution in [1.82, 2.24) is 14.2 Å². The smallest absolute Gasteiger partial charge is 0.248 e. The van der Waals surface area contributed by atoms with Crippen LogP contribution in [-0.4, -0.2) is 60.1 Å². The summed E-state index contributed by atoms with van der Waals surface area (Å²) in [5, 5.41) is 9.52. The molecule has 1 saturated heterocycles. The number of sulfonamides is 1. The number of likely N-dealkylation sites (N-methyl/N-ethyl adjacent to an activating group) is 1. The summed E-state index contributed by atoms with van der Waals surface area (Å²) in [7, 11) is -2.53. The molecule has 1 aromatic carbocycles. The van der Waals surface area contributed by atoms with Crippen molar-refractivity contribution in [2.24, 2.45) is 0 Å². The van der Waals surface area contributed by atoms with Crippen LogP contribution in [0.3, 0.4) is 0 Å². The first-order valence-corrected chi connectivity index (χ1v) is 13.1. The third kappa shape index (κ3) is 4.93. The van der Waals surface area contributed by atoms with Gasteiger partial charge in [0.05, 0.1) is 4.90 Å². The van der Waals surface area contributed by atoms with Crippen LogP contribution in [-0.2, 0) is 14.8 Å². The number of pyridine rings is 1. The number of carbonyl (C=O) groups excluding carboxylic acids is 1. The first-order valence-electron chi connectivity index (χ1n) is 11.7. The molecule has 4 rings (SSSR count). The molecular weight excluding hydrogens is 474 g/mol. The van der Waals surface area contributed by atoms with Gasteiger partial charge in [-0.15, -0.1) is 0 Å². The quantitative estimate of drug-likeness (QED) is 0.613. The summed E-state index contributed by atoms with van der Waals surface area (Å²) < 4.78 is 56.2. The number of aromatic nitrogens is 1. The monoisotopic (exact) mass is 502 g/mol. The van der Waals surface area contributed by atoms with Gasteiger partial charge in [0.1, 0.15) is 17.8 Å². The largest absolute Gasteiger partial charge is 0.341 e. The number of aryl methyl sites for hydroxylation is 1. The van der Waals surface area contributed by atoms with Crippen molar-refractivity contribution in [3.63, 3.8) is 0 Å². The summed E-state index contributed by atoms with van der Waals surface area (Å²) in [6.07, 6.45) is 2.18. The molecule has 35 heavy (non-hydrogen) atoms. The summed E-state index contributed by atoms with van der Waals surface area (Å²) in [5.41, 5.74) is 1.68. The fourth-order valence-corrected chi connectivity index (χ4v) is 6.86. The van der Waals surface area contributed by atoms with Gasteiger partial charge < -0.3 is 4.90 Å². The molecule has 0 spiro atoms. The van der Waals surface area contributed by atoms with E-state index in [1.54, 1.807) is 31.3 Å². The Balaban J connectivity index is 1.66. The first kappa shape index (κ1) is 25.2. The summed E-state index contributed by atoms with van der Waals surface area (Å²) >= 11 is 0. The molecule has 1 aliphatic carbocycles. The SMILES string of the molecule is Cc1ccc(S(=O)(=O)N2CCC[C@H]2C(=O)N(C)C2CCC(F)(F)CC2)c(-c2cccnc2C#N)c1. The lowest BCUT2D eigenvalue weighted by Gasteiger charge is -2.37. The predicted octanol–water partition coefficient (Wildman–Crippen LogP) is 4.12. The number of alkyl halides is 2. The molecule has 2 heterocycles. The van der Waals surface area contributed by atoms with Crippen LogP contribution in [0.4, 0.5) is 8.78 Å². The van der Waals surface area contributed by atoms with Crippen molar-refractivity contribution in [2.75, 3.05) is 13.6 Å². The summed E-state index contributed by atoms with van der Waals surface area (Å²) in [6.45, 7) is 2.01. The van der Waals surface area contributed by atoms with Crippen LogP contribution in [0.25, 0.3) is 11.1 Å². The molecule has 1 amide bonds. The molecule has 10 heteroatoms. The topological polar surface area (TPSA) is 94.4 Å². The number of hydrogen-bond acceptors (Lipinski definition) is 5. The summed E-state index contributed by atoms with van der Waals surface area (Å²) in [4.78, 5) is 18.9. The highest BCUT2D eigenvalue weighted by Gasteiger charge is 2.44. The van der Waals surface area contributed by atoms with Gasteiger partial charge in [0, 0.05) is 49.8 Å². The first-order chi connectivity index (χ1) is 16.5. The standard InChI is InChI=1S/C25H28F2N4O3S/c1-17-7-8-23(20(15-17)19-5-3-13-29-21(19)16-28)35(33,34)31-14-4-6-22(31)24(32)30(2)18-9-11-25(26,27)12-10-18/h3,5,7-8,13,15,18,22H,4,6,9-12,14H2,1-2H3/t22-/m0/s1. The van der Waals surface area contributed by atoms with Crippen LogP contribution < -0.4 is 0 Å². The van der Waals surface area contributed by atoms with E-state index in [1.807, 2.05) is 13.0 Å². The third-order valence-electron chi connectivity index (χ3n) is 7.00. The van der Waals surface area contributed by atoms with E-state index in [9.17, 15) is 27.3 Å². The molecule has 186 valence electrons. The molecule has 1 atom stereocenters. The summed E-state index contributed by atoms with van der Waals surface area (Å²) in [5.74, 6) is -3.08. The fraction of sp³-hybridized carbons (Fsp3) is 0.480. The van der Waals surface area contributed by atoms with Crippen LogP contribution in [0.1, 0.15) is 49.8 Å². The number of benzene rings is 1. The second-order valence-corrected chi connectivity index (χ2v) is 11.2. The Hall–Kier alpha value is -2.90. The number of halogens is 2. The van der Waals surface area contributed by atoms with Crippen LogP contribution in [0, 0.1) is 18.3 Å². The molecule has 7 nitrogen and oxygen atoms in total. The van der Waals surface area contributed by atoms with E-state index in [2.05, 4.69) is 4.98 Å². The molecule has 1 saturated carbocycles. The maximum absolute atomic E-state index is 13.9. The fourth-order valence-electron chi connectivity index (χ4n) is 5.02. The number of hydrogen-bond donors (Lipinski definition) is 0. The van der Waals surface area contributed by atoms with Gasteiger partial charge in [-0.25, -0.2) is 22.2 Å². The van der Waals surface area contributed by atoms with E-state index >= 15 is 0 Å². The van der Waals surface area contributed by atoms with E-state index in [1.165, 1.54) is 21.5 Å². The van der Waals surface area contributed by atoms with E-state index in [4.69, 9.17) is 0 Å². The predicted molar refractivity (Wildman–Crippen MR) is 126 cm³/mol. The Kier molecular flexibility index (Phi) is 6.93. The van der Waals surface area contributed by atoms with E-state index < -0.39 is 22.0 Å². The molecule has 2 aliphatic rings. The average molecular weight is 503 g/mol. The second-order valence-electron chi connectivity index (χ2n) is 9.32. The third-order valence-corrected chi connectivity index (χ3v) is 8.96. The van der Waals surface area contributed by atoms with Crippen LogP contribution in [0.15, 0.2) is 41.4 Å². The Bertz CT molecular complexity index is 1270. The Labute approximate surface area is 204 Å². The molecule has 0 radical (unpaired) electrons. The normalized spacial score (nSPS) is 20.9. The van der Waals surface area contributed by atoms with Gasteiger partial charge >= 0.3 is 0 Å². The Morgan fingerprint density at radius 2 is 1.91 bits per heavy atom. The van der Waals surface area contributed by atoms with Gasteiger partial charge in [-0.3, -0.25) is 4.79 Å². The molecule has 2 fully saturated rings. The molecule has 2 aromatic rings. The zero-order chi connectivity index (χ0) is 25.4. The van der Waals surface area contributed by atoms with Gasteiger partial charge in [0.25, 0.3) is 0 Å². The molecule has 1 aromatic heterocycles. The van der Waals surface area contributed by atoms with Gasteiger partial charge in [-0.1, -0.05) is 11.6 Å². The number of nitriles is 1. The highest BCUT2D eigenvalue weighted by atomic mass is 32.2. The Morgan fingerprint density at radius 1 is 1.20 bits per heavy atom. The minimum Gasteiger partial charge on any atom is -0.341 e. The molecule has 0 unspecified atom stereocenters. The lowest BCUT2D eigenvalue weighted by atomic mass is 9.91. The number of rotatable bonds is 5. The summed E-state index contributed by atoms with van der Waals surface area (Å²) in [6, 6.07) is 8.95. The molecule has 0 bridgehead atoms. The van der Waals surface area contributed by atoms with Crippen LogP contribution in [0.5, 0.6) is 0 Å². The lowest BCUT2D eigenvalue weighted by Crippen LogP contribution is -2.50. The number of nitrogens with zero attached hydrogens (tertiary/aromatic N) is 4. The van der Waals surface area contributed by atoms with Crippen molar-refractivity contribution < 1.29 is 22.0 Å². The van der Waals surface area contributed by atoms with Gasteiger partial charge in [-0.05, 0) is 56.9 Å². The minimum atomic E-state index is -4.11. The number of amides is 1. The number of carbonyl (C=O) groups is 1. The van der Waals surface area contributed by atoms with E-state index in [0.29, 0.717) is 24.0 Å². The maximum Gasteiger partial charge on any atom is 0.248 e. The van der Waals surface area contributed by atoms with Crippen molar-refractivity contribution >= 4 is 15.9 Å². The molecule has 0 N–H and O–H groups in total. The van der Waals surface area contributed by atoms with Gasteiger partial charge in [0.15, 0.2) is 0 Å². The highest BCUT2D eigenvalue weighted by molar-refractivity contribution is 7.89. The highest BCUT2D eigenvalue weighted by Crippen LogP contribution is 2.37. The van der Waals surface area contributed by atoms with Gasteiger partial charge in [0.2, 0.25) is 21.9 Å². The Morgan fingerprint density at radius 3 is 2.60 bits per heavy atom. The zero-order valence-electron chi connectivity index (χ0n) is 19.7. The van der Waals surface area contributed by atoms with E-state index in [-0.39, 0.29) is 54.8 Å².